The van der Waals surface area contributed by atoms with E-state index in [0.717, 1.165) is 4.48 Å². The van der Waals surface area contributed by atoms with Crippen molar-refractivity contribution < 1.29 is 12.4 Å². The average Bonchev–Trinajstić information content (AvgIpc) is 2.18. The molecule has 1 rings (SSSR count). The minimum absolute atomic E-state index is 0. The third-order valence-corrected chi connectivity index (χ3v) is 3.77. The van der Waals surface area contributed by atoms with Crippen molar-refractivity contribution in [2.24, 2.45) is 0 Å². The lowest BCUT2D eigenvalue weighted by molar-refractivity contribution is -0.00000452. The first-order chi connectivity index (χ1) is 7.44. The van der Waals surface area contributed by atoms with Crippen LogP contribution in [0.5, 0.6) is 0 Å². The predicted octanol–water partition coefficient (Wildman–Crippen LogP) is 1.22. The molecule has 0 amide bonds. The lowest BCUT2D eigenvalue weighted by Crippen LogP contribution is -3.00. The molecule has 2 heteroatoms. The minimum Gasteiger partial charge on any atom is -1.00 e. The van der Waals surface area contributed by atoms with Crippen LogP contribution in [0.15, 0.2) is 30.3 Å². The summed E-state index contributed by atoms with van der Waals surface area (Å²) in [6, 6.07) is 12.7. The van der Waals surface area contributed by atoms with Gasteiger partial charge in [0.2, 0.25) is 0 Å². The average molecular weight is 256 g/mol. The van der Waals surface area contributed by atoms with Crippen LogP contribution in [0.25, 0.3) is 0 Å². The molecule has 1 nitrogen and oxygen atoms in total. The van der Waals surface area contributed by atoms with Gasteiger partial charge in [0, 0.05) is 0 Å². The molecule has 0 aliphatic carbocycles. The molecule has 0 bridgehead atoms. The normalized spacial score (nSPS) is 12.1. The highest BCUT2D eigenvalue weighted by Crippen LogP contribution is 2.33. The van der Waals surface area contributed by atoms with E-state index in [1.165, 1.54) is 5.69 Å². The second-order valence-electron chi connectivity index (χ2n) is 5.45. The lowest BCUT2D eigenvalue weighted by atomic mass is 10.0. The summed E-state index contributed by atoms with van der Waals surface area (Å²) in [7, 11) is 0. The topological polar surface area (TPSA) is 0 Å². The van der Waals surface area contributed by atoms with Crippen molar-refractivity contribution in [3.8, 4) is 0 Å². The van der Waals surface area contributed by atoms with Crippen molar-refractivity contribution in [3.63, 3.8) is 0 Å². The molecule has 0 atom stereocenters. The van der Waals surface area contributed by atoms with E-state index in [1.54, 1.807) is 0 Å². The van der Waals surface area contributed by atoms with Gasteiger partial charge < -0.3 is 12.4 Å². The first-order valence-corrected chi connectivity index (χ1v) is 6.37. The Kier molecular flexibility index (Phi) is 6.22. The highest BCUT2D eigenvalue weighted by molar-refractivity contribution is 5.44. The van der Waals surface area contributed by atoms with Gasteiger partial charge in [0.25, 0.3) is 0 Å². The number of hydrogen-bond acceptors (Lipinski definition) is 0. The molecule has 0 fully saturated rings. The third kappa shape index (κ3) is 2.83. The fourth-order valence-corrected chi connectivity index (χ4v) is 3.37. The molecule has 0 heterocycles. The van der Waals surface area contributed by atoms with Gasteiger partial charge in [0.05, 0.1) is 18.1 Å². The van der Waals surface area contributed by atoms with Gasteiger partial charge in [0.15, 0.2) is 0 Å². The minimum atomic E-state index is 0. The van der Waals surface area contributed by atoms with Gasteiger partial charge in [-0.1, -0.05) is 18.2 Å². The number of quaternary nitrogens is 1. The summed E-state index contributed by atoms with van der Waals surface area (Å²) in [4.78, 5) is 0. The lowest BCUT2D eigenvalue weighted by Gasteiger charge is -2.48. The molecule has 17 heavy (non-hydrogen) atoms. The standard InChI is InChI=1S/C15H26N.ClH/c1-12(2)16(13(3)4,14(5)6)15-10-8-7-9-11-15;/h7-14H,1-6H3;1H/q+1;/p-1. The fourth-order valence-electron chi connectivity index (χ4n) is 3.37. The number of benzene rings is 1. The Morgan fingerprint density at radius 1 is 0.706 bits per heavy atom. The molecule has 0 N–H and O–H groups in total. The van der Waals surface area contributed by atoms with Crippen LogP contribution in [-0.4, -0.2) is 18.1 Å². The maximum absolute atomic E-state index is 2.33. The monoisotopic (exact) mass is 255 g/mol. The van der Waals surface area contributed by atoms with Crippen molar-refractivity contribution in [3.05, 3.63) is 30.3 Å². The van der Waals surface area contributed by atoms with Crippen molar-refractivity contribution >= 4 is 5.69 Å². The van der Waals surface area contributed by atoms with Crippen LogP contribution in [0.2, 0.25) is 0 Å². The van der Waals surface area contributed by atoms with Crippen LogP contribution in [0.4, 0.5) is 5.69 Å². The smallest absolute Gasteiger partial charge is 0.133 e. The molecule has 0 radical (unpaired) electrons. The molecule has 0 unspecified atom stereocenters. The molecule has 0 saturated carbocycles. The third-order valence-electron chi connectivity index (χ3n) is 3.77. The zero-order chi connectivity index (χ0) is 12.3. The highest BCUT2D eigenvalue weighted by atomic mass is 35.5. The van der Waals surface area contributed by atoms with Gasteiger partial charge in [-0.2, -0.15) is 0 Å². The van der Waals surface area contributed by atoms with Crippen LogP contribution >= 0.6 is 0 Å². The summed E-state index contributed by atoms with van der Waals surface area (Å²) < 4.78 is 1.06. The Morgan fingerprint density at radius 3 is 1.35 bits per heavy atom. The van der Waals surface area contributed by atoms with E-state index >= 15 is 0 Å². The van der Waals surface area contributed by atoms with E-state index in [0.29, 0.717) is 18.1 Å². The SMILES string of the molecule is CC(C)[N+](c1ccccc1)(C(C)C)C(C)C.[Cl-]. The van der Waals surface area contributed by atoms with E-state index in [-0.39, 0.29) is 12.4 Å². The van der Waals surface area contributed by atoms with Gasteiger partial charge in [-0.25, -0.2) is 0 Å². The summed E-state index contributed by atoms with van der Waals surface area (Å²) in [5.41, 5.74) is 1.43. The molecule has 0 saturated heterocycles. The van der Waals surface area contributed by atoms with E-state index in [1.807, 2.05) is 0 Å². The number of nitrogens with zero attached hydrogens (tertiary/aromatic N) is 1. The Hall–Kier alpha value is -0.530. The van der Waals surface area contributed by atoms with Crippen molar-refractivity contribution in [2.45, 2.75) is 59.7 Å². The zero-order valence-electron chi connectivity index (χ0n) is 11.9. The van der Waals surface area contributed by atoms with Crippen LogP contribution in [0.3, 0.4) is 0 Å². The van der Waals surface area contributed by atoms with Gasteiger partial charge in [-0.3, -0.25) is 4.48 Å². The Bertz CT molecular complexity index is 295. The van der Waals surface area contributed by atoms with E-state index < -0.39 is 0 Å². The first-order valence-electron chi connectivity index (χ1n) is 6.37. The maximum atomic E-state index is 2.33. The number of rotatable bonds is 4. The zero-order valence-corrected chi connectivity index (χ0v) is 12.7. The summed E-state index contributed by atoms with van der Waals surface area (Å²) in [5, 5.41) is 0. The Labute approximate surface area is 113 Å². The van der Waals surface area contributed by atoms with Crippen molar-refractivity contribution in [1.29, 1.82) is 0 Å². The fraction of sp³-hybridized carbons (Fsp3) is 0.600. The van der Waals surface area contributed by atoms with Crippen LogP contribution in [-0.2, 0) is 0 Å². The molecular weight excluding hydrogens is 230 g/mol. The molecule has 0 aliphatic rings. The second kappa shape index (κ2) is 6.42. The van der Waals surface area contributed by atoms with E-state index in [2.05, 4.69) is 71.9 Å². The van der Waals surface area contributed by atoms with Gasteiger partial charge in [0.1, 0.15) is 5.69 Å². The number of hydrogen-bond donors (Lipinski definition) is 0. The summed E-state index contributed by atoms with van der Waals surface area (Å²) >= 11 is 0. The molecular formula is C15H26ClN. The number of halogens is 1. The first kappa shape index (κ1) is 16.5. The predicted molar refractivity (Wildman–Crippen MR) is 73.6 cm³/mol. The second-order valence-corrected chi connectivity index (χ2v) is 5.45. The van der Waals surface area contributed by atoms with Crippen LogP contribution in [0.1, 0.15) is 41.5 Å². The van der Waals surface area contributed by atoms with Crippen molar-refractivity contribution in [1.82, 2.24) is 4.48 Å². The maximum Gasteiger partial charge on any atom is 0.133 e. The molecule has 1 aromatic carbocycles. The van der Waals surface area contributed by atoms with Gasteiger partial charge >= 0.3 is 0 Å². The number of para-hydroxylation sites is 1. The Morgan fingerprint density at radius 2 is 1.06 bits per heavy atom. The summed E-state index contributed by atoms with van der Waals surface area (Å²) in [6.45, 7) is 14.0. The van der Waals surface area contributed by atoms with Crippen molar-refractivity contribution in [2.75, 3.05) is 0 Å². The van der Waals surface area contributed by atoms with E-state index in [9.17, 15) is 0 Å². The molecule has 98 valence electrons. The van der Waals surface area contributed by atoms with Crippen LogP contribution < -0.4 is 16.9 Å². The van der Waals surface area contributed by atoms with Crippen LogP contribution in [0, 0.1) is 0 Å². The summed E-state index contributed by atoms with van der Waals surface area (Å²) in [6.07, 6.45) is 0. The summed E-state index contributed by atoms with van der Waals surface area (Å²) in [5.74, 6) is 0. The van der Waals surface area contributed by atoms with Gasteiger partial charge in [-0.15, -0.1) is 0 Å². The largest absolute Gasteiger partial charge is 1.00 e. The quantitative estimate of drug-likeness (QED) is 0.710. The Balaban J connectivity index is 0.00000256. The molecule has 0 aliphatic heterocycles. The molecule has 0 spiro atoms. The molecule has 1 aromatic rings. The van der Waals surface area contributed by atoms with Gasteiger partial charge in [-0.05, 0) is 53.7 Å². The highest BCUT2D eigenvalue weighted by Gasteiger charge is 2.39. The van der Waals surface area contributed by atoms with E-state index in [4.69, 9.17) is 0 Å². The molecule has 0 aromatic heterocycles.